The average Bonchev–Trinajstić information content (AvgIpc) is 2.92. The topological polar surface area (TPSA) is 93.0 Å². The van der Waals surface area contributed by atoms with E-state index in [1.807, 2.05) is 0 Å². The number of hydrogen-bond acceptors (Lipinski definition) is 6. The summed E-state index contributed by atoms with van der Waals surface area (Å²) >= 11 is 0. The van der Waals surface area contributed by atoms with Crippen molar-refractivity contribution in [2.24, 2.45) is 5.92 Å². The van der Waals surface area contributed by atoms with Crippen LogP contribution in [0.2, 0.25) is 0 Å². The summed E-state index contributed by atoms with van der Waals surface area (Å²) < 4.78 is 0. The second-order valence-electron chi connectivity index (χ2n) is 9.75. The van der Waals surface area contributed by atoms with Gasteiger partial charge in [0, 0.05) is 23.6 Å². The number of Topliss-reactive ketones (excluding diaryl/α,β-unsaturated/α-hetero) is 1. The van der Waals surface area contributed by atoms with Crippen LogP contribution < -0.4 is 5.43 Å². The highest BCUT2D eigenvalue weighted by Gasteiger charge is 2.41. The second kappa shape index (κ2) is 11.8. The SMILES string of the molecule is CC(C)=CCCC(C)=CCCC(C)=CCC1=CC(O)C2CN(O)NC3C(O)=CC=CC3=C2C1=O. The zero-order chi connectivity index (χ0) is 24.8. The van der Waals surface area contributed by atoms with Gasteiger partial charge in [0.25, 0.3) is 0 Å². The first-order valence-corrected chi connectivity index (χ1v) is 12.1. The van der Waals surface area contributed by atoms with Gasteiger partial charge in [-0.3, -0.25) is 10.0 Å². The van der Waals surface area contributed by atoms with Gasteiger partial charge in [-0.25, -0.2) is 5.43 Å². The molecule has 1 aliphatic heterocycles. The molecule has 1 heterocycles. The standard InChI is InChI=1S/C28H38N2O4/c1-18(2)8-5-9-19(3)10-6-11-20(4)14-15-21-16-25(32)23-17-30(34)29-27-22(26(23)28(21)33)12-7-13-24(27)31/h7-8,10,12-14,16,23,25,27,29,31-32,34H,5-6,9,11,15,17H2,1-4H3. The number of ketones is 1. The van der Waals surface area contributed by atoms with Crippen molar-refractivity contribution in [1.29, 1.82) is 0 Å². The Morgan fingerprint density at radius 1 is 1.12 bits per heavy atom. The number of aliphatic hydroxyl groups is 2. The molecule has 184 valence electrons. The molecule has 6 nitrogen and oxygen atoms in total. The van der Waals surface area contributed by atoms with Crippen LogP contribution in [0.5, 0.6) is 0 Å². The van der Waals surface area contributed by atoms with Gasteiger partial charge >= 0.3 is 0 Å². The van der Waals surface area contributed by atoms with Crippen molar-refractivity contribution in [3.8, 4) is 0 Å². The number of carbonyl (C=O) groups excluding carboxylic acids is 1. The van der Waals surface area contributed by atoms with Crippen LogP contribution in [-0.2, 0) is 4.79 Å². The third kappa shape index (κ3) is 6.54. The van der Waals surface area contributed by atoms with Crippen LogP contribution in [0, 0.1) is 5.92 Å². The van der Waals surface area contributed by atoms with Gasteiger partial charge in [-0.15, -0.1) is 5.17 Å². The van der Waals surface area contributed by atoms with E-state index in [0.717, 1.165) is 30.9 Å². The van der Waals surface area contributed by atoms with Crippen molar-refractivity contribution in [3.05, 3.63) is 81.7 Å². The maximum atomic E-state index is 13.4. The van der Waals surface area contributed by atoms with Gasteiger partial charge in [0.05, 0.1) is 6.10 Å². The molecule has 0 aromatic carbocycles. The molecule has 0 spiro atoms. The Labute approximate surface area is 203 Å². The van der Waals surface area contributed by atoms with Gasteiger partial charge in [0.15, 0.2) is 5.78 Å². The number of hydroxylamine groups is 1. The lowest BCUT2D eigenvalue weighted by Gasteiger charge is -2.29. The molecular formula is C28H38N2O4. The molecule has 2 aliphatic carbocycles. The zero-order valence-corrected chi connectivity index (χ0v) is 20.7. The summed E-state index contributed by atoms with van der Waals surface area (Å²) in [4.78, 5) is 13.4. The number of carbonyl (C=O) groups is 1. The summed E-state index contributed by atoms with van der Waals surface area (Å²) in [7, 11) is 0. The number of rotatable bonds is 8. The Morgan fingerprint density at radius 2 is 1.79 bits per heavy atom. The number of hydrogen-bond donors (Lipinski definition) is 4. The highest BCUT2D eigenvalue weighted by Crippen LogP contribution is 2.36. The minimum Gasteiger partial charge on any atom is -0.510 e. The molecule has 0 aromatic rings. The van der Waals surface area contributed by atoms with Gasteiger partial charge in [0.1, 0.15) is 11.8 Å². The summed E-state index contributed by atoms with van der Waals surface area (Å²) in [5, 5.41) is 32.1. The number of allylic oxidation sites excluding steroid dienone is 9. The molecule has 0 amide bonds. The predicted octanol–water partition coefficient (Wildman–Crippen LogP) is 5.17. The van der Waals surface area contributed by atoms with Gasteiger partial charge in [-0.05, 0) is 77.5 Å². The first-order chi connectivity index (χ1) is 16.2. The Morgan fingerprint density at radius 3 is 2.50 bits per heavy atom. The van der Waals surface area contributed by atoms with Crippen LogP contribution >= 0.6 is 0 Å². The third-order valence-electron chi connectivity index (χ3n) is 6.59. The van der Waals surface area contributed by atoms with E-state index in [4.69, 9.17) is 0 Å². The quantitative estimate of drug-likeness (QED) is 0.369. The predicted molar refractivity (Wildman–Crippen MR) is 135 cm³/mol. The smallest absolute Gasteiger partial charge is 0.185 e. The minimum absolute atomic E-state index is 0.0167. The molecule has 34 heavy (non-hydrogen) atoms. The van der Waals surface area contributed by atoms with Crippen LogP contribution in [0.25, 0.3) is 0 Å². The molecule has 0 radical (unpaired) electrons. The second-order valence-corrected chi connectivity index (χ2v) is 9.75. The van der Waals surface area contributed by atoms with Crippen molar-refractivity contribution in [1.82, 2.24) is 10.6 Å². The van der Waals surface area contributed by atoms with E-state index >= 15 is 0 Å². The molecule has 0 aromatic heterocycles. The normalized spacial score (nSPS) is 25.9. The molecule has 3 aliphatic rings. The fourth-order valence-electron chi connectivity index (χ4n) is 4.61. The molecule has 0 saturated heterocycles. The summed E-state index contributed by atoms with van der Waals surface area (Å²) in [6.07, 6.45) is 16.8. The zero-order valence-electron chi connectivity index (χ0n) is 20.7. The Bertz CT molecular complexity index is 1010. The van der Waals surface area contributed by atoms with Crippen molar-refractivity contribution in [2.45, 2.75) is 71.9 Å². The number of hydrazine groups is 1. The Kier molecular flexibility index (Phi) is 9.03. The molecule has 4 N–H and O–H groups in total. The number of fused-ring (bicyclic) bond motifs is 2. The van der Waals surface area contributed by atoms with Gasteiger partial charge in [-0.1, -0.05) is 47.1 Å². The van der Waals surface area contributed by atoms with Crippen molar-refractivity contribution in [3.63, 3.8) is 0 Å². The van der Waals surface area contributed by atoms with E-state index in [1.165, 1.54) is 22.8 Å². The fraction of sp³-hybridized carbons (Fsp3) is 0.464. The highest BCUT2D eigenvalue weighted by molar-refractivity contribution is 6.11. The molecule has 3 atom stereocenters. The van der Waals surface area contributed by atoms with E-state index < -0.39 is 18.1 Å². The lowest BCUT2D eigenvalue weighted by molar-refractivity contribution is -0.151. The number of aliphatic hydroxyl groups excluding tert-OH is 2. The van der Waals surface area contributed by atoms with Gasteiger partial charge < -0.3 is 10.2 Å². The fourth-order valence-corrected chi connectivity index (χ4v) is 4.61. The molecule has 0 bridgehead atoms. The van der Waals surface area contributed by atoms with Crippen molar-refractivity contribution >= 4 is 5.78 Å². The van der Waals surface area contributed by atoms with Crippen LogP contribution in [0.4, 0.5) is 0 Å². The van der Waals surface area contributed by atoms with E-state index in [2.05, 4.69) is 51.3 Å². The van der Waals surface area contributed by atoms with E-state index in [-0.39, 0.29) is 18.1 Å². The van der Waals surface area contributed by atoms with Crippen LogP contribution in [-0.4, -0.2) is 45.1 Å². The Balaban J connectivity index is 1.69. The maximum absolute atomic E-state index is 13.4. The summed E-state index contributed by atoms with van der Waals surface area (Å²) in [6.45, 7) is 8.53. The van der Waals surface area contributed by atoms with E-state index in [0.29, 0.717) is 23.1 Å². The van der Waals surface area contributed by atoms with E-state index in [1.54, 1.807) is 18.2 Å². The number of nitrogens with zero attached hydrogens (tertiary/aromatic N) is 1. The van der Waals surface area contributed by atoms with E-state index in [9.17, 15) is 20.2 Å². The first-order valence-electron chi connectivity index (χ1n) is 12.1. The van der Waals surface area contributed by atoms with Crippen molar-refractivity contribution in [2.75, 3.05) is 6.54 Å². The van der Waals surface area contributed by atoms with Crippen LogP contribution in [0.15, 0.2) is 81.7 Å². The molecule has 6 heteroatoms. The largest absolute Gasteiger partial charge is 0.510 e. The highest BCUT2D eigenvalue weighted by atomic mass is 16.5. The molecule has 3 rings (SSSR count). The van der Waals surface area contributed by atoms with Crippen LogP contribution in [0.3, 0.4) is 0 Å². The summed E-state index contributed by atoms with van der Waals surface area (Å²) in [6, 6.07) is -0.713. The molecule has 0 saturated carbocycles. The molecule has 3 unspecified atom stereocenters. The average molecular weight is 467 g/mol. The van der Waals surface area contributed by atoms with Crippen molar-refractivity contribution < 1.29 is 20.2 Å². The lowest BCUT2D eigenvalue weighted by Crippen LogP contribution is -2.45. The lowest BCUT2D eigenvalue weighted by atomic mass is 9.76. The summed E-state index contributed by atoms with van der Waals surface area (Å²) in [5.74, 6) is -0.692. The van der Waals surface area contributed by atoms with Gasteiger partial charge in [-0.2, -0.15) is 0 Å². The monoisotopic (exact) mass is 466 g/mol. The Hall–Kier alpha value is -2.51. The first kappa shape index (κ1) is 26.1. The van der Waals surface area contributed by atoms with Crippen LogP contribution in [0.1, 0.15) is 59.8 Å². The van der Waals surface area contributed by atoms with Gasteiger partial charge in [0.2, 0.25) is 0 Å². The molecular weight excluding hydrogens is 428 g/mol. The molecule has 0 fully saturated rings. The summed E-state index contributed by atoms with van der Waals surface area (Å²) in [5.41, 5.74) is 8.34. The minimum atomic E-state index is -0.896. The third-order valence-corrected chi connectivity index (χ3v) is 6.59. The maximum Gasteiger partial charge on any atom is 0.185 e. The number of nitrogens with one attached hydrogen (secondary N) is 1.